The molecule has 0 aliphatic heterocycles. The van der Waals surface area contributed by atoms with E-state index >= 15 is 0 Å². The van der Waals surface area contributed by atoms with Crippen molar-refractivity contribution >= 4 is 17.9 Å². The molecule has 0 aliphatic rings. The molecule has 378 valence electrons. The first-order chi connectivity index (χ1) is 31.5. The zero-order chi connectivity index (χ0) is 46.5. The SMILES string of the molecule is CCCCCCCCC/C=C\CCCCCCCC(=O)OC(COC(=O)CCCCCCCCCCCC)COC(=O)CCCCCCCCCCCCCCCCCCCCCC. The highest BCUT2D eigenvalue weighted by molar-refractivity contribution is 5.71. The van der Waals surface area contributed by atoms with E-state index in [4.69, 9.17) is 14.2 Å². The van der Waals surface area contributed by atoms with Gasteiger partial charge in [0.2, 0.25) is 0 Å². The van der Waals surface area contributed by atoms with E-state index in [1.807, 2.05) is 0 Å². The van der Waals surface area contributed by atoms with E-state index in [0.29, 0.717) is 19.3 Å². The second-order valence-electron chi connectivity index (χ2n) is 19.6. The maximum Gasteiger partial charge on any atom is 0.306 e. The number of unbranched alkanes of at least 4 members (excludes halogenated alkanes) is 40. The summed E-state index contributed by atoms with van der Waals surface area (Å²) in [7, 11) is 0. The molecule has 0 aromatic rings. The highest BCUT2D eigenvalue weighted by Gasteiger charge is 2.19. The predicted octanol–water partition coefficient (Wildman–Crippen LogP) is 18.9. The summed E-state index contributed by atoms with van der Waals surface area (Å²) >= 11 is 0. The van der Waals surface area contributed by atoms with Gasteiger partial charge < -0.3 is 14.2 Å². The van der Waals surface area contributed by atoms with Crippen LogP contribution in [0.3, 0.4) is 0 Å². The van der Waals surface area contributed by atoms with Gasteiger partial charge in [0.25, 0.3) is 0 Å². The molecule has 0 fully saturated rings. The summed E-state index contributed by atoms with van der Waals surface area (Å²) in [5.41, 5.74) is 0. The van der Waals surface area contributed by atoms with E-state index in [-0.39, 0.29) is 31.1 Å². The molecule has 0 radical (unpaired) electrons. The summed E-state index contributed by atoms with van der Waals surface area (Å²) in [6.07, 6.45) is 60.6. The third-order valence-electron chi connectivity index (χ3n) is 13.0. The first kappa shape index (κ1) is 62.1. The molecule has 0 amide bonds. The number of carbonyl (C=O) groups excluding carboxylic acids is 3. The molecule has 6 nitrogen and oxygen atoms in total. The van der Waals surface area contributed by atoms with E-state index < -0.39 is 6.10 Å². The Labute approximate surface area is 399 Å². The first-order valence-corrected chi connectivity index (χ1v) is 28.7. The van der Waals surface area contributed by atoms with Crippen LogP contribution >= 0.6 is 0 Å². The zero-order valence-electron chi connectivity index (χ0n) is 43.3. The van der Waals surface area contributed by atoms with Gasteiger partial charge in [-0.3, -0.25) is 14.4 Å². The van der Waals surface area contributed by atoms with Crippen molar-refractivity contribution in [2.24, 2.45) is 0 Å². The normalized spacial score (nSPS) is 12.0. The van der Waals surface area contributed by atoms with Gasteiger partial charge >= 0.3 is 17.9 Å². The summed E-state index contributed by atoms with van der Waals surface area (Å²) in [5.74, 6) is -0.856. The van der Waals surface area contributed by atoms with Crippen LogP contribution in [0.1, 0.15) is 323 Å². The van der Waals surface area contributed by atoms with E-state index in [0.717, 1.165) is 64.2 Å². The minimum absolute atomic E-state index is 0.0677. The quantitative estimate of drug-likeness (QED) is 0.0262. The van der Waals surface area contributed by atoms with Crippen molar-refractivity contribution in [2.45, 2.75) is 329 Å². The number of hydrogen-bond acceptors (Lipinski definition) is 6. The smallest absolute Gasteiger partial charge is 0.306 e. The molecule has 0 spiro atoms. The number of carbonyl (C=O) groups is 3. The Morgan fingerprint density at radius 1 is 0.297 bits per heavy atom. The number of allylic oxidation sites excluding steroid dienone is 2. The largest absolute Gasteiger partial charge is 0.462 e. The molecule has 0 bridgehead atoms. The van der Waals surface area contributed by atoms with Crippen LogP contribution in [0.2, 0.25) is 0 Å². The molecule has 1 unspecified atom stereocenters. The van der Waals surface area contributed by atoms with Gasteiger partial charge in [0.05, 0.1) is 0 Å². The van der Waals surface area contributed by atoms with Crippen LogP contribution in [0.5, 0.6) is 0 Å². The van der Waals surface area contributed by atoms with Crippen LogP contribution in [0.25, 0.3) is 0 Å². The number of hydrogen-bond donors (Lipinski definition) is 0. The lowest BCUT2D eigenvalue weighted by Gasteiger charge is -2.18. The molecule has 0 rings (SSSR count). The van der Waals surface area contributed by atoms with Gasteiger partial charge in [-0.2, -0.15) is 0 Å². The van der Waals surface area contributed by atoms with Gasteiger partial charge in [-0.15, -0.1) is 0 Å². The van der Waals surface area contributed by atoms with Crippen LogP contribution < -0.4 is 0 Å². The average Bonchev–Trinajstić information content (AvgIpc) is 3.29. The topological polar surface area (TPSA) is 78.9 Å². The third-order valence-corrected chi connectivity index (χ3v) is 13.0. The fraction of sp³-hybridized carbons (Fsp3) is 0.914. The molecule has 0 saturated heterocycles. The lowest BCUT2D eigenvalue weighted by Crippen LogP contribution is -2.30. The van der Waals surface area contributed by atoms with Crippen molar-refractivity contribution in [2.75, 3.05) is 13.2 Å². The molecule has 1 atom stereocenters. The van der Waals surface area contributed by atoms with Gasteiger partial charge in [-0.25, -0.2) is 0 Å². The Bertz CT molecular complexity index is 993. The Hall–Kier alpha value is -1.85. The number of rotatable bonds is 53. The summed E-state index contributed by atoms with van der Waals surface area (Å²) in [6, 6.07) is 0. The van der Waals surface area contributed by atoms with Gasteiger partial charge in [0.15, 0.2) is 6.10 Å². The molecular formula is C58H110O6. The van der Waals surface area contributed by atoms with Crippen LogP contribution in [0.4, 0.5) is 0 Å². The Morgan fingerprint density at radius 3 is 0.781 bits per heavy atom. The summed E-state index contributed by atoms with van der Waals surface area (Å²) in [5, 5.41) is 0. The van der Waals surface area contributed by atoms with Gasteiger partial charge in [0.1, 0.15) is 13.2 Å². The molecule has 0 heterocycles. The summed E-state index contributed by atoms with van der Waals surface area (Å²) in [4.78, 5) is 38.0. The van der Waals surface area contributed by atoms with E-state index in [9.17, 15) is 14.4 Å². The number of ether oxygens (including phenoxy) is 3. The highest BCUT2D eigenvalue weighted by atomic mass is 16.6. The maximum atomic E-state index is 12.8. The summed E-state index contributed by atoms with van der Waals surface area (Å²) < 4.78 is 16.8. The van der Waals surface area contributed by atoms with E-state index in [1.165, 1.54) is 218 Å². The second-order valence-corrected chi connectivity index (χ2v) is 19.6. The van der Waals surface area contributed by atoms with Crippen molar-refractivity contribution in [1.82, 2.24) is 0 Å². The Balaban J connectivity index is 4.24. The van der Waals surface area contributed by atoms with Crippen molar-refractivity contribution in [3.63, 3.8) is 0 Å². The lowest BCUT2D eigenvalue weighted by atomic mass is 10.0. The summed E-state index contributed by atoms with van der Waals surface area (Å²) in [6.45, 7) is 6.67. The van der Waals surface area contributed by atoms with Crippen LogP contribution in [0.15, 0.2) is 12.2 Å². The number of esters is 3. The van der Waals surface area contributed by atoms with Crippen molar-refractivity contribution in [3.05, 3.63) is 12.2 Å². The minimum atomic E-state index is -0.768. The average molecular weight is 904 g/mol. The van der Waals surface area contributed by atoms with Crippen molar-refractivity contribution < 1.29 is 28.6 Å². The fourth-order valence-electron chi connectivity index (χ4n) is 8.68. The molecule has 0 aliphatic carbocycles. The standard InChI is InChI=1S/C58H110O6/c1-4-7-10-13-16-19-22-24-26-28-29-30-31-33-34-36-39-42-45-48-51-57(60)63-54-55(53-62-56(59)50-47-44-41-38-21-18-15-12-9-6-3)64-58(61)52-49-46-43-40-37-35-32-27-25-23-20-17-14-11-8-5-2/h27,32,55H,4-26,28-31,33-54H2,1-3H3/b32-27-. The third kappa shape index (κ3) is 51.1. The maximum absolute atomic E-state index is 12.8. The molecule has 64 heavy (non-hydrogen) atoms. The first-order valence-electron chi connectivity index (χ1n) is 28.7. The predicted molar refractivity (Wildman–Crippen MR) is 275 cm³/mol. The molecule has 0 aromatic heterocycles. The van der Waals surface area contributed by atoms with Gasteiger partial charge in [0, 0.05) is 19.3 Å². The van der Waals surface area contributed by atoms with Crippen LogP contribution in [-0.4, -0.2) is 37.2 Å². The molecule has 6 heteroatoms. The Morgan fingerprint density at radius 2 is 0.516 bits per heavy atom. The van der Waals surface area contributed by atoms with Gasteiger partial charge in [-0.05, 0) is 44.9 Å². The van der Waals surface area contributed by atoms with Crippen LogP contribution in [-0.2, 0) is 28.6 Å². The van der Waals surface area contributed by atoms with Crippen LogP contribution in [0, 0.1) is 0 Å². The monoisotopic (exact) mass is 903 g/mol. The van der Waals surface area contributed by atoms with E-state index in [1.54, 1.807) is 0 Å². The lowest BCUT2D eigenvalue weighted by molar-refractivity contribution is -0.167. The van der Waals surface area contributed by atoms with Crippen molar-refractivity contribution in [3.8, 4) is 0 Å². The second kappa shape index (κ2) is 53.8. The molecule has 0 N–H and O–H groups in total. The molecule has 0 saturated carbocycles. The highest BCUT2D eigenvalue weighted by Crippen LogP contribution is 2.17. The zero-order valence-corrected chi connectivity index (χ0v) is 43.3. The molecular weight excluding hydrogens is 793 g/mol. The van der Waals surface area contributed by atoms with Crippen molar-refractivity contribution in [1.29, 1.82) is 0 Å². The van der Waals surface area contributed by atoms with Gasteiger partial charge in [-0.1, -0.05) is 270 Å². The molecule has 0 aromatic carbocycles. The fourth-order valence-corrected chi connectivity index (χ4v) is 8.68. The Kier molecular flexibility index (Phi) is 52.2. The van der Waals surface area contributed by atoms with E-state index in [2.05, 4.69) is 32.9 Å². The minimum Gasteiger partial charge on any atom is -0.462 e.